The number of nitrogens with zero attached hydrogens (tertiary/aromatic N) is 8. The van der Waals surface area contributed by atoms with Gasteiger partial charge in [-0.15, -0.1) is 0 Å². The summed E-state index contributed by atoms with van der Waals surface area (Å²) in [6, 6.07) is 42.7. The molecule has 0 radical (unpaired) electrons. The van der Waals surface area contributed by atoms with Crippen LogP contribution in [0.15, 0.2) is 168 Å². The summed E-state index contributed by atoms with van der Waals surface area (Å²) in [5.74, 6) is 0.406. The van der Waals surface area contributed by atoms with Crippen molar-refractivity contribution in [2.75, 3.05) is 53.7 Å². The van der Waals surface area contributed by atoms with E-state index >= 15 is 0 Å². The number of amides is 8. The number of aliphatic imine (C=N–C) groups is 2. The number of imidazole rings is 2. The molecule has 10 aromatic rings. The Kier molecular flexibility index (Phi) is 25.9. The second kappa shape index (κ2) is 37.9. The van der Waals surface area contributed by atoms with Crippen LogP contribution in [0.25, 0.3) is 66.3 Å². The molecule has 12 atom stereocenters. The van der Waals surface area contributed by atoms with Crippen molar-refractivity contribution >= 4 is 92.0 Å². The fourth-order valence-electron chi connectivity index (χ4n) is 20.4. The van der Waals surface area contributed by atoms with Gasteiger partial charge < -0.3 is 90.2 Å². The van der Waals surface area contributed by atoms with Gasteiger partial charge in [0, 0.05) is 73.8 Å². The van der Waals surface area contributed by atoms with E-state index in [0.29, 0.717) is 87.6 Å². The highest BCUT2D eigenvalue weighted by Crippen LogP contribution is 2.50. The third-order valence-corrected chi connectivity index (χ3v) is 27.1. The minimum atomic E-state index is -1.00. The first-order chi connectivity index (χ1) is 62.9. The number of aliphatic hydroxyl groups excluding tert-OH is 4. The highest BCUT2D eigenvalue weighted by Gasteiger charge is 2.47. The molecular formula is C100H110N14O16. The Balaban J connectivity index is 0.000000182. The molecule has 676 valence electrons. The number of nitrogens with one attached hydrogen (secondary N) is 6. The lowest BCUT2D eigenvalue weighted by molar-refractivity contribution is -0.138. The van der Waals surface area contributed by atoms with E-state index in [4.69, 9.17) is 38.9 Å². The van der Waals surface area contributed by atoms with E-state index in [1.165, 1.54) is 14.2 Å². The highest BCUT2D eigenvalue weighted by molar-refractivity contribution is 6.09. The number of aromatic nitrogens is 4. The van der Waals surface area contributed by atoms with Crippen molar-refractivity contribution in [1.82, 2.24) is 60.8 Å². The third kappa shape index (κ3) is 17.6. The predicted molar refractivity (Wildman–Crippen MR) is 489 cm³/mol. The number of aromatic amines is 2. The lowest BCUT2D eigenvalue weighted by atomic mass is 9.90. The smallest absolute Gasteiger partial charge is 0.407 e. The maximum atomic E-state index is 14.3. The van der Waals surface area contributed by atoms with E-state index in [2.05, 4.69) is 130 Å². The van der Waals surface area contributed by atoms with Gasteiger partial charge in [-0.25, -0.2) is 19.6 Å². The average Bonchev–Trinajstić information content (AvgIpc) is 1.55. The SMILES string of the molecule is COC(=O)N[C@H](C(=O)N1[C@@H](C)CC[C@H]1C1=Nc2ccc3cc4c(cc3c2C1)OCc1cc(-c2cnc([C@@H]3C[C@H](CCO)CN3C(=O)[C@H](NC(=O)CO)c3ccccc3)[nH]2)ccc1-4)C(C)C.COC(=O)N[C@H](C(=O)N1[C@@H](C)CC[C@H]1C1=Nc2ccc3cc4c(cc3c2C1)OCc1cc(-c2cnc([C@@H]3C[C@H](CCO)CN3C(=O)[C@H](NC(=O)CO)c3ccccc3)[nH]2)ccc1-4)C(C)C. The van der Waals surface area contributed by atoms with E-state index < -0.39 is 73.5 Å². The van der Waals surface area contributed by atoms with E-state index in [1.54, 1.807) is 70.7 Å². The quantitative estimate of drug-likeness (QED) is 0.0269. The molecule has 30 nitrogen and oxygen atoms in total. The molecule has 0 saturated carbocycles. The molecule has 130 heavy (non-hydrogen) atoms. The van der Waals surface area contributed by atoms with Crippen molar-refractivity contribution < 1.29 is 77.7 Å². The number of aliphatic hydroxyl groups is 4. The first kappa shape index (κ1) is 88.8. The summed E-state index contributed by atoms with van der Waals surface area (Å²) in [6.45, 7) is 11.8. The van der Waals surface area contributed by atoms with Crippen molar-refractivity contribution in [3.8, 4) is 56.3 Å². The molecule has 2 aromatic heterocycles. The van der Waals surface area contributed by atoms with Crippen molar-refractivity contribution in [2.45, 2.75) is 179 Å². The standard InChI is InChI=1S/2C50H55N7O8/c2*1-27(2)45(55-50(63)64-4)49(62)57-28(3)10-15-41(57)39-21-36-35-22-43-37(20-31(35)12-14-38(36)52-39)34-13-11-32(19-33(34)26-65-43)40-23-51-47(53-40)42-18-29(16-17-58)24-56(42)48(61)46(54-44(60)25-59)30-8-6-5-7-9-30/h2*5-9,11-14,19-20,22-23,27-29,41-42,45-46,58-59H,10,15-18,21,24-26H2,1-4H3,(H,51,53)(H,54,60)(H,55,63)/t2*28-,29-,41-,42-,45-,46+/m00/s1. The van der Waals surface area contributed by atoms with Crippen LogP contribution in [0, 0.1) is 23.7 Å². The van der Waals surface area contributed by atoms with E-state index in [1.807, 2.05) is 49.6 Å². The molecule has 0 aliphatic carbocycles. The lowest BCUT2D eigenvalue weighted by Gasteiger charge is -2.33. The van der Waals surface area contributed by atoms with Gasteiger partial charge in [0.25, 0.3) is 0 Å². The molecule has 30 heteroatoms. The Bertz CT molecular complexity index is 5730. The third-order valence-electron chi connectivity index (χ3n) is 27.1. The molecule has 8 amide bonds. The van der Waals surface area contributed by atoms with Crippen LogP contribution in [-0.2, 0) is 64.3 Å². The molecule has 10 heterocycles. The Morgan fingerprint density at radius 1 is 0.477 bits per heavy atom. The summed E-state index contributed by atoms with van der Waals surface area (Å²) in [5, 5.41) is 53.8. The molecule has 8 aliphatic heterocycles. The molecule has 10 N–H and O–H groups in total. The minimum absolute atomic E-state index is 0.000521. The van der Waals surface area contributed by atoms with Crippen LogP contribution in [0.2, 0.25) is 0 Å². The second-order valence-electron chi connectivity index (χ2n) is 36.0. The van der Waals surface area contributed by atoms with E-state index in [9.17, 15) is 58.8 Å². The van der Waals surface area contributed by atoms with Crippen molar-refractivity contribution in [2.24, 2.45) is 33.7 Å². The van der Waals surface area contributed by atoms with Crippen LogP contribution in [-0.4, -0.2) is 209 Å². The fraction of sp³-hybridized carbons (Fsp3) is 0.400. The van der Waals surface area contributed by atoms with Crippen molar-refractivity contribution in [3.63, 3.8) is 0 Å². The van der Waals surface area contributed by atoms with Gasteiger partial charge in [-0.2, -0.15) is 0 Å². The summed E-state index contributed by atoms with van der Waals surface area (Å²) in [4.78, 5) is 140. The lowest BCUT2D eigenvalue weighted by Crippen LogP contribution is -2.55. The van der Waals surface area contributed by atoms with Gasteiger partial charge in [-0.3, -0.25) is 38.8 Å². The number of rotatable bonds is 24. The number of H-pyrrole nitrogens is 2. The van der Waals surface area contributed by atoms with Crippen molar-refractivity contribution in [3.05, 3.63) is 203 Å². The Labute approximate surface area is 752 Å². The molecule has 4 fully saturated rings. The number of ether oxygens (including phenoxy) is 4. The molecule has 0 bridgehead atoms. The van der Waals surface area contributed by atoms with Crippen LogP contribution in [0.1, 0.15) is 162 Å². The second-order valence-corrected chi connectivity index (χ2v) is 36.0. The van der Waals surface area contributed by atoms with Gasteiger partial charge in [0.05, 0.1) is 73.5 Å². The molecular weight excluding hydrogens is 1650 g/mol. The first-order valence-corrected chi connectivity index (χ1v) is 44.9. The fourth-order valence-corrected chi connectivity index (χ4v) is 20.4. The number of fused-ring (bicyclic) bond motifs is 12. The number of likely N-dealkylation sites (tertiary alicyclic amines) is 4. The summed E-state index contributed by atoms with van der Waals surface area (Å²) in [7, 11) is 2.60. The zero-order chi connectivity index (χ0) is 91.0. The van der Waals surface area contributed by atoms with E-state index in [0.717, 1.165) is 149 Å². The molecule has 0 unspecified atom stereocenters. The Morgan fingerprint density at radius 2 is 0.885 bits per heavy atom. The monoisotopic (exact) mass is 1760 g/mol. The van der Waals surface area contributed by atoms with Gasteiger partial charge in [0.2, 0.25) is 35.4 Å². The van der Waals surface area contributed by atoms with Gasteiger partial charge >= 0.3 is 12.2 Å². The molecule has 0 spiro atoms. The number of hydrogen-bond acceptors (Lipinski definition) is 20. The molecule has 8 aliphatic rings. The first-order valence-electron chi connectivity index (χ1n) is 44.9. The van der Waals surface area contributed by atoms with Gasteiger partial charge in [0.15, 0.2) is 0 Å². The van der Waals surface area contributed by atoms with Gasteiger partial charge in [0.1, 0.15) is 73.7 Å². The van der Waals surface area contributed by atoms with Crippen LogP contribution in [0.3, 0.4) is 0 Å². The number of carbonyl (C=O) groups is 8. The molecule has 8 aromatic carbocycles. The summed E-state index contributed by atoms with van der Waals surface area (Å²) < 4.78 is 22.6. The summed E-state index contributed by atoms with van der Waals surface area (Å²) >= 11 is 0. The highest BCUT2D eigenvalue weighted by atomic mass is 16.5. The number of benzene rings is 8. The number of hydrogen-bond donors (Lipinski definition) is 10. The normalized spacial score (nSPS) is 20.7. The molecule has 18 rings (SSSR count). The van der Waals surface area contributed by atoms with Gasteiger partial charge in [-0.1, -0.05) is 125 Å². The maximum absolute atomic E-state index is 14.3. The summed E-state index contributed by atoms with van der Waals surface area (Å²) in [6.07, 6.45) is 8.99. The zero-order valence-electron chi connectivity index (χ0n) is 74.1. The topological polar surface area (TPSA) is 398 Å². The van der Waals surface area contributed by atoms with Crippen LogP contribution < -0.4 is 30.7 Å². The van der Waals surface area contributed by atoms with E-state index in [-0.39, 0.29) is 84.7 Å². The summed E-state index contributed by atoms with van der Waals surface area (Å²) in [5.41, 5.74) is 16.6. The molecule has 4 saturated heterocycles. The van der Waals surface area contributed by atoms with Crippen LogP contribution >= 0.6 is 0 Å². The Hall–Kier alpha value is -13.2. The number of alkyl carbamates (subject to hydrolysis) is 2. The minimum Gasteiger partial charge on any atom is -0.488 e. The van der Waals surface area contributed by atoms with Crippen LogP contribution in [0.4, 0.5) is 21.0 Å². The van der Waals surface area contributed by atoms with Gasteiger partial charge in [-0.05, 0) is 215 Å². The Morgan fingerprint density at radius 3 is 1.26 bits per heavy atom. The predicted octanol–water partition coefficient (Wildman–Crippen LogP) is 12.6. The number of methoxy groups -OCH3 is 2. The number of carbonyl (C=O) groups excluding carboxylic acids is 8. The average molecular weight is 1760 g/mol. The zero-order valence-corrected chi connectivity index (χ0v) is 74.1. The van der Waals surface area contributed by atoms with Crippen LogP contribution in [0.5, 0.6) is 11.5 Å². The van der Waals surface area contributed by atoms with Crippen molar-refractivity contribution in [1.29, 1.82) is 0 Å². The maximum Gasteiger partial charge on any atom is 0.407 e. The largest absolute Gasteiger partial charge is 0.488 e.